The number of aromatic nitrogens is 1. The van der Waals surface area contributed by atoms with E-state index in [0.717, 1.165) is 23.2 Å². The fourth-order valence-electron chi connectivity index (χ4n) is 4.47. The topological polar surface area (TPSA) is 25.2 Å². The van der Waals surface area contributed by atoms with Gasteiger partial charge in [0.25, 0.3) is 0 Å². The highest BCUT2D eigenvalue weighted by molar-refractivity contribution is 6.09. The van der Waals surface area contributed by atoms with E-state index in [1.807, 2.05) is 42.5 Å². The van der Waals surface area contributed by atoms with E-state index in [4.69, 9.17) is 0 Å². The minimum absolute atomic E-state index is 0.616. The Morgan fingerprint density at radius 2 is 1.39 bits per heavy atom. The standard InChI is InChI=1S/C29H27NO/c1-2-3-9-21-14-19-28-26(20-21)25-12-7-8-13-27(25)30(28)24-17-15-23(16-18-24)29(31)22-10-5-4-6-11-22/h4-8,10-20,29,31H,2-3,9H2,1H3. The van der Waals surface area contributed by atoms with Crippen molar-refractivity contribution in [2.24, 2.45) is 0 Å². The van der Waals surface area contributed by atoms with E-state index in [-0.39, 0.29) is 0 Å². The molecule has 0 saturated heterocycles. The number of nitrogens with zero attached hydrogens (tertiary/aromatic N) is 1. The van der Waals surface area contributed by atoms with Crippen molar-refractivity contribution in [3.8, 4) is 5.69 Å². The van der Waals surface area contributed by atoms with Crippen LogP contribution in [0.3, 0.4) is 0 Å². The monoisotopic (exact) mass is 405 g/mol. The maximum atomic E-state index is 10.8. The second kappa shape index (κ2) is 8.41. The quantitative estimate of drug-likeness (QED) is 0.317. The van der Waals surface area contributed by atoms with Gasteiger partial charge in [-0.15, -0.1) is 0 Å². The molecule has 0 bridgehead atoms. The van der Waals surface area contributed by atoms with Gasteiger partial charge < -0.3 is 9.67 Å². The van der Waals surface area contributed by atoms with Gasteiger partial charge in [-0.1, -0.05) is 80.1 Å². The first-order valence-electron chi connectivity index (χ1n) is 11.1. The first-order chi connectivity index (χ1) is 15.3. The number of hydrogen-bond donors (Lipinski definition) is 1. The SMILES string of the molecule is CCCCc1ccc2c(c1)c1ccccc1n2-c1ccc(C(O)c2ccccc2)cc1. The van der Waals surface area contributed by atoms with Crippen LogP contribution in [-0.2, 0) is 6.42 Å². The Morgan fingerprint density at radius 1 is 0.710 bits per heavy atom. The predicted octanol–water partition coefficient (Wildman–Crippen LogP) is 7.21. The number of aliphatic hydroxyl groups excluding tert-OH is 1. The highest BCUT2D eigenvalue weighted by Crippen LogP contribution is 2.33. The van der Waals surface area contributed by atoms with Crippen molar-refractivity contribution in [3.63, 3.8) is 0 Å². The molecular formula is C29H27NO. The van der Waals surface area contributed by atoms with E-state index >= 15 is 0 Å². The molecule has 0 aliphatic heterocycles. The zero-order valence-corrected chi connectivity index (χ0v) is 17.8. The minimum atomic E-state index is -0.616. The lowest BCUT2D eigenvalue weighted by molar-refractivity contribution is 0.220. The van der Waals surface area contributed by atoms with E-state index in [0.29, 0.717) is 0 Å². The van der Waals surface area contributed by atoms with Gasteiger partial charge in [0.2, 0.25) is 0 Å². The average Bonchev–Trinajstić information content (AvgIpc) is 3.17. The molecule has 2 nitrogen and oxygen atoms in total. The Morgan fingerprint density at radius 3 is 2.16 bits per heavy atom. The summed E-state index contributed by atoms with van der Waals surface area (Å²) in [7, 11) is 0. The number of fused-ring (bicyclic) bond motifs is 3. The van der Waals surface area contributed by atoms with Crippen LogP contribution >= 0.6 is 0 Å². The summed E-state index contributed by atoms with van der Waals surface area (Å²) in [5.74, 6) is 0. The van der Waals surface area contributed by atoms with Crippen LogP contribution < -0.4 is 0 Å². The van der Waals surface area contributed by atoms with E-state index in [2.05, 4.69) is 66.1 Å². The maximum absolute atomic E-state index is 10.8. The number of aliphatic hydroxyl groups is 1. The van der Waals surface area contributed by atoms with Gasteiger partial charge in [0.15, 0.2) is 0 Å². The van der Waals surface area contributed by atoms with Gasteiger partial charge in [-0.2, -0.15) is 0 Å². The third-order valence-electron chi connectivity index (χ3n) is 6.14. The summed E-state index contributed by atoms with van der Waals surface area (Å²) in [4.78, 5) is 0. The maximum Gasteiger partial charge on any atom is 0.104 e. The molecule has 0 fully saturated rings. The predicted molar refractivity (Wildman–Crippen MR) is 130 cm³/mol. The van der Waals surface area contributed by atoms with Crippen molar-refractivity contribution < 1.29 is 5.11 Å². The first kappa shape index (κ1) is 19.6. The molecule has 1 aromatic heterocycles. The number of aryl methyl sites for hydroxylation is 1. The van der Waals surface area contributed by atoms with Gasteiger partial charge in [0, 0.05) is 16.5 Å². The summed E-state index contributed by atoms with van der Waals surface area (Å²) >= 11 is 0. The molecule has 1 atom stereocenters. The summed E-state index contributed by atoms with van der Waals surface area (Å²) in [5, 5.41) is 13.3. The summed E-state index contributed by atoms with van der Waals surface area (Å²) in [6, 6.07) is 33.6. The van der Waals surface area contributed by atoms with E-state index in [1.165, 1.54) is 40.2 Å². The molecule has 1 unspecified atom stereocenters. The van der Waals surface area contributed by atoms with E-state index < -0.39 is 6.10 Å². The Hall–Kier alpha value is -3.36. The molecule has 4 aromatic carbocycles. The van der Waals surface area contributed by atoms with Gasteiger partial charge in [0.05, 0.1) is 11.0 Å². The van der Waals surface area contributed by atoms with Gasteiger partial charge in [0.1, 0.15) is 6.10 Å². The molecule has 31 heavy (non-hydrogen) atoms. The summed E-state index contributed by atoms with van der Waals surface area (Å²) in [6.07, 6.45) is 2.93. The molecule has 154 valence electrons. The Labute approximate surface area is 183 Å². The van der Waals surface area contributed by atoms with Crippen molar-refractivity contribution in [2.45, 2.75) is 32.3 Å². The Bertz CT molecular complexity index is 1320. The van der Waals surface area contributed by atoms with E-state index in [9.17, 15) is 5.11 Å². The van der Waals surface area contributed by atoms with Crippen LogP contribution in [0.15, 0.2) is 97.1 Å². The Kier molecular flexibility index (Phi) is 5.31. The van der Waals surface area contributed by atoms with Gasteiger partial charge in [-0.3, -0.25) is 0 Å². The molecule has 0 amide bonds. The lowest BCUT2D eigenvalue weighted by Crippen LogP contribution is -2.00. The van der Waals surface area contributed by atoms with Crippen LogP contribution in [0.5, 0.6) is 0 Å². The fourth-order valence-corrected chi connectivity index (χ4v) is 4.47. The van der Waals surface area contributed by atoms with Gasteiger partial charge in [-0.25, -0.2) is 0 Å². The molecule has 0 aliphatic carbocycles. The molecule has 0 spiro atoms. The van der Waals surface area contributed by atoms with Crippen LogP contribution in [0, 0.1) is 0 Å². The van der Waals surface area contributed by atoms with Crippen molar-refractivity contribution in [3.05, 3.63) is 114 Å². The molecule has 2 heteroatoms. The smallest absolute Gasteiger partial charge is 0.104 e. The zero-order valence-electron chi connectivity index (χ0n) is 17.8. The minimum Gasteiger partial charge on any atom is -0.384 e. The summed E-state index contributed by atoms with van der Waals surface area (Å²) < 4.78 is 2.33. The second-order valence-electron chi connectivity index (χ2n) is 8.21. The third kappa shape index (κ3) is 3.64. The number of rotatable bonds is 6. The third-order valence-corrected chi connectivity index (χ3v) is 6.14. The second-order valence-corrected chi connectivity index (χ2v) is 8.21. The van der Waals surface area contributed by atoms with Crippen LogP contribution in [0.2, 0.25) is 0 Å². The van der Waals surface area contributed by atoms with Crippen molar-refractivity contribution in [1.29, 1.82) is 0 Å². The lowest BCUT2D eigenvalue weighted by atomic mass is 10.0. The largest absolute Gasteiger partial charge is 0.384 e. The number of hydrogen-bond acceptors (Lipinski definition) is 1. The molecule has 1 heterocycles. The molecule has 1 N–H and O–H groups in total. The number of benzene rings is 4. The van der Waals surface area contributed by atoms with E-state index in [1.54, 1.807) is 0 Å². The van der Waals surface area contributed by atoms with Crippen molar-refractivity contribution in [1.82, 2.24) is 4.57 Å². The average molecular weight is 406 g/mol. The number of para-hydroxylation sites is 1. The zero-order chi connectivity index (χ0) is 21.2. The molecule has 0 aliphatic rings. The molecule has 0 radical (unpaired) electrons. The highest BCUT2D eigenvalue weighted by atomic mass is 16.3. The molecule has 5 aromatic rings. The van der Waals surface area contributed by atoms with Crippen LogP contribution in [0.1, 0.15) is 42.6 Å². The molecular weight excluding hydrogens is 378 g/mol. The fraction of sp³-hybridized carbons (Fsp3) is 0.172. The first-order valence-corrected chi connectivity index (χ1v) is 11.1. The lowest BCUT2D eigenvalue weighted by Gasteiger charge is -2.13. The highest BCUT2D eigenvalue weighted by Gasteiger charge is 2.14. The van der Waals surface area contributed by atoms with Gasteiger partial charge in [-0.05, 0) is 59.9 Å². The van der Waals surface area contributed by atoms with Crippen LogP contribution in [0.25, 0.3) is 27.5 Å². The van der Waals surface area contributed by atoms with Crippen LogP contribution in [0.4, 0.5) is 0 Å². The van der Waals surface area contributed by atoms with Gasteiger partial charge >= 0.3 is 0 Å². The van der Waals surface area contributed by atoms with Crippen molar-refractivity contribution >= 4 is 21.8 Å². The normalized spacial score (nSPS) is 12.5. The van der Waals surface area contributed by atoms with Crippen molar-refractivity contribution in [2.75, 3.05) is 0 Å². The molecule has 0 saturated carbocycles. The Balaban J connectivity index is 1.59. The summed E-state index contributed by atoms with van der Waals surface area (Å²) in [6.45, 7) is 2.24. The molecule has 5 rings (SSSR count). The van der Waals surface area contributed by atoms with Crippen LogP contribution in [-0.4, -0.2) is 9.67 Å². The summed E-state index contributed by atoms with van der Waals surface area (Å²) in [5.41, 5.74) is 6.75. The number of unbranched alkanes of at least 4 members (excludes halogenated alkanes) is 1.